The maximum absolute atomic E-state index is 12.7. The molecule has 1 saturated heterocycles. The van der Waals surface area contributed by atoms with Crippen LogP contribution in [0.2, 0.25) is 0 Å². The van der Waals surface area contributed by atoms with E-state index in [2.05, 4.69) is 22.8 Å². The largest absolute Gasteiger partial charge is 0.490 e. The van der Waals surface area contributed by atoms with E-state index in [-0.39, 0.29) is 11.3 Å². The van der Waals surface area contributed by atoms with Gasteiger partial charge in [0.1, 0.15) is 12.2 Å². The number of amides is 1. The first-order valence-electron chi connectivity index (χ1n) is 14.6. The molecule has 1 aliphatic heterocycles. The number of carbonyl (C=O) groups is 1. The minimum atomic E-state index is -6.12. The summed E-state index contributed by atoms with van der Waals surface area (Å²) in [6.45, 7) is -1.19. The first-order valence-corrected chi connectivity index (χ1v) is 20.8. The zero-order chi connectivity index (χ0) is 37.9. The SMILES string of the molecule is O=C(Nc1ccccc1)OC1C(O)C(COP(=O)(O)OP(=O)(O)OP(=O)(O)OP(=O)(O)Cc2cccc3ccccc23)OC1n1ccc(=O)[nH]c1=O. The van der Waals surface area contributed by atoms with Crippen molar-refractivity contribution in [2.75, 3.05) is 11.9 Å². The molecule has 0 saturated carbocycles. The highest BCUT2D eigenvalue weighted by Crippen LogP contribution is 2.71. The number of aromatic amines is 1. The highest BCUT2D eigenvalue weighted by molar-refractivity contribution is 7.70. The maximum atomic E-state index is 12.7. The average molecular weight is 807 g/mol. The van der Waals surface area contributed by atoms with Gasteiger partial charge in [0.05, 0.1) is 12.8 Å². The van der Waals surface area contributed by atoms with Crippen LogP contribution in [0.4, 0.5) is 10.5 Å². The van der Waals surface area contributed by atoms with Crippen molar-refractivity contribution in [3.05, 3.63) is 111 Å². The summed E-state index contributed by atoms with van der Waals surface area (Å²) in [7, 11) is -23.0. The van der Waals surface area contributed by atoms with Gasteiger partial charge >= 0.3 is 42.8 Å². The van der Waals surface area contributed by atoms with E-state index in [1.807, 2.05) is 4.98 Å². The van der Waals surface area contributed by atoms with Gasteiger partial charge in [0, 0.05) is 18.0 Å². The number of phosphoric ester groups is 1. The Morgan fingerprint density at radius 3 is 2.17 bits per heavy atom. The van der Waals surface area contributed by atoms with Crippen LogP contribution in [0.5, 0.6) is 0 Å². The van der Waals surface area contributed by atoms with Crippen molar-refractivity contribution in [3.8, 4) is 0 Å². The number of phosphoric acid groups is 3. The molecule has 1 fully saturated rings. The third kappa shape index (κ3) is 10.5. The van der Waals surface area contributed by atoms with Gasteiger partial charge in [-0.15, -0.1) is 0 Å². The lowest BCUT2D eigenvalue weighted by Gasteiger charge is -2.22. The summed E-state index contributed by atoms with van der Waals surface area (Å²) < 4.78 is 78.6. The number of nitrogens with one attached hydrogen (secondary N) is 2. The summed E-state index contributed by atoms with van der Waals surface area (Å²) in [5, 5.41) is 14.4. The Hall–Kier alpha value is -3.61. The van der Waals surface area contributed by atoms with E-state index in [9.17, 15) is 57.3 Å². The lowest BCUT2D eigenvalue weighted by Crippen LogP contribution is -2.41. The van der Waals surface area contributed by atoms with Crippen molar-refractivity contribution in [1.82, 2.24) is 9.55 Å². The lowest BCUT2D eigenvalue weighted by atomic mass is 10.1. The molecular weight excluding hydrogens is 778 g/mol. The molecule has 21 nitrogen and oxygen atoms in total. The molecule has 1 aromatic heterocycles. The predicted molar refractivity (Wildman–Crippen MR) is 178 cm³/mol. The number of aliphatic hydroxyl groups excluding tert-OH is 1. The third-order valence-corrected chi connectivity index (χ3v) is 13.4. The molecule has 8 atom stereocenters. The number of H-pyrrole nitrogens is 1. The second kappa shape index (κ2) is 15.8. The summed E-state index contributed by atoms with van der Waals surface area (Å²) in [4.78, 5) is 78.9. The molecule has 5 rings (SSSR count). The van der Waals surface area contributed by atoms with E-state index in [1.165, 1.54) is 24.3 Å². The smallest absolute Gasteiger partial charge is 0.438 e. The second-order valence-corrected chi connectivity index (χ2v) is 17.4. The van der Waals surface area contributed by atoms with Gasteiger partial charge in [-0.2, -0.15) is 8.62 Å². The van der Waals surface area contributed by atoms with Gasteiger partial charge in [0.25, 0.3) is 5.56 Å². The van der Waals surface area contributed by atoms with Crippen molar-refractivity contribution in [2.45, 2.75) is 30.7 Å². The number of hydrogen-bond donors (Lipinski definition) is 7. The number of anilines is 1. The van der Waals surface area contributed by atoms with Crippen molar-refractivity contribution < 1.29 is 74.7 Å². The van der Waals surface area contributed by atoms with Gasteiger partial charge in [-0.1, -0.05) is 60.7 Å². The molecule has 1 amide bonds. The van der Waals surface area contributed by atoms with E-state index in [1.54, 1.807) is 48.5 Å². The van der Waals surface area contributed by atoms with Gasteiger partial charge in [-0.25, -0.2) is 27.6 Å². The number of fused-ring (bicyclic) bond motifs is 1. The fraction of sp³-hybridized carbons (Fsp3) is 0.222. The number of benzene rings is 3. The zero-order valence-electron chi connectivity index (χ0n) is 26.1. The summed E-state index contributed by atoms with van der Waals surface area (Å²) >= 11 is 0. The summed E-state index contributed by atoms with van der Waals surface area (Å²) in [6, 6.07) is 20.0. The molecular formula is C27H29N3O18P4. The van der Waals surface area contributed by atoms with Crippen LogP contribution in [-0.4, -0.2) is 65.2 Å². The number of nitrogens with zero attached hydrogens (tertiary/aromatic N) is 1. The summed E-state index contributed by atoms with van der Waals surface area (Å²) in [5.41, 5.74) is -1.40. The molecule has 0 radical (unpaired) electrons. The average Bonchev–Trinajstić information content (AvgIpc) is 3.32. The molecule has 0 aliphatic carbocycles. The molecule has 8 unspecified atom stereocenters. The van der Waals surface area contributed by atoms with Gasteiger partial charge in [0.15, 0.2) is 12.3 Å². The Balaban J connectivity index is 1.23. The van der Waals surface area contributed by atoms with E-state index >= 15 is 0 Å². The highest BCUT2D eigenvalue weighted by Gasteiger charge is 2.50. The lowest BCUT2D eigenvalue weighted by molar-refractivity contribution is -0.0551. The molecule has 7 N–H and O–H groups in total. The Labute approximate surface area is 291 Å². The van der Waals surface area contributed by atoms with Crippen LogP contribution in [-0.2, 0) is 51.4 Å². The van der Waals surface area contributed by atoms with Crippen LogP contribution in [0.25, 0.3) is 10.8 Å². The third-order valence-electron chi connectivity index (χ3n) is 7.00. The number of aliphatic hydroxyl groups is 1. The number of ether oxygens (including phenoxy) is 2. The first kappa shape index (κ1) is 39.6. The monoisotopic (exact) mass is 807 g/mol. The normalized spacial score (nSPS) is 23.5. The standard InChI is InChI=1S/C27H29N3O18P4/c31-22-13-14-30(26(33)29-22)25-24(45-27(34)28-19-10-2-1-3-11-19)23(32)21(44-25)15-43-50(37,38)47-52(41,42)48-51(39,40)46-49(35,36)16-18-9-6-8-17-7-4-5-12-20(17)18/h1-14,21,23-25,32H,15-16H2,(H,28,34)(H,35,36)(H,37,38)(H,39,40)(H,41,42)(H,29,31,33). The molecule has 3 aromatic carbocycles. The Morgan fingerprint density at radius 2 is 1.46 bits per heavy atom. The van der Waals surface area contributed by atoms with Crippen molar-refractivity contribution in [2.24, 2.45) is 0 Å². The number of carbonyl (C=O) groups excluding carboxylic acids is 1. The fourth-order valence-corrected chi connectivity index (χ4v) is 10.6. The fourth-order valence-electron chi connectivity index (χ4n) is 4.94. The second-order valence-electron chi connectivity index (χ2n) is 10.8. The van der Waals surface area contributed by atoms with Gasteiger partial charge in [-0.05, 0) is 28.5 Å². The number of para-hydroxylation sites is 1. The minimum absolute atomic E-state index is 0.203. The molecule has 0 spiro atoms. The van der Waals surface area contributed by atoms with Crippen LogP contribution in [0.15, 0.2) is 94.6 Å². The van der Waals surface area contributed by atoms with E-state index < -0.39 is 85.7 Å². The van der Waals surface area contributed by atoms with Crippen LogP contribution in [0.3, 0.4) is 0 Å². The molecule has 2 heterocycles. The van der Waals surface area contributed by atoms with Crippen LogP contribution < -0.4 is 16.6 Å². The quantitative estimate of drug-likeness (QED) is 0.0899. The molecule has 0 bridgehead atoms. The Bertz CT molecular complexity index is 2240. The highest BCUT2D eigenvalue weighted by atomic mass is 31.3. The molecule has 25 heteroatoms. The number of hydrogen-bond acceptors (Lipinski definition) is 14. The number of rotatable bonds is 14. The van der Waals surface area contributed by atoms with E-state index in [0.29, 0.717) is 10.8 Å². The van der Waals surface area contributed by atoms with E-state index in [0.717, 1.165) is 16.8 Å². The summed E-state index contributed by atoms with van der Waals surface area (Å²) in [6.07, 6.45) is -8.16. The van der Waals surface area contributed by atoms with Crippen LogP contribution in [0.1, 0.15) is 11.8 Å². The maximum Gasteiger partial charge on any atom is 0.490 e. The zero-order valence-corrected chi connectivity index (χ0v) is 29.7. The topological polar surface area (TPSA) is 309 Å². The van der Waals surface area contributed by atoms with Crippen molar-refractivity contribution in [1.29, 1.82) is 0 Å². The van der Waals surface area contributed by atoms with Crippen LogP contribution in [0, 0.1) is 0 Å². The van der Waals surface area contributed by atoms with Crippen LogP contribution >= 0.6 is 31.1 Å². The molecule has 4 aromatic rings. The Morgan fingerprint density at radius 1 is 0.827 bits per heavy atom. The summed E-state index contributed by atoms with van der Waals surface area (Å²) in [5.74, 6) is 0. The minimum Gasteiger partial charge on any atom is -0.438 e. The number of aromatic nitrogens is 2. The predicted octanol–water partition coefficient (Wildman–Crippen LogP) is 3.32. The van der Waals surface area contributed by atoms with Gasteiger partial charge in [0.2, 0.25) is 0 Å². The molecule has 280 valence electrons. The van der Waals surface area contributed by atoms with Crippen molar-refractivity contribution in [3.63, 3.8) is 0 Å². The molecule has 52 heavy (non-hydrogen) atoms. The Kier molecular flexibility index (Phi) is 12.0. The van der Waals surface area contributed by atoms with E-state index in [4.69, 9.17) is 9.47 Å². The molecule has 1 aliphatic rings. The van der Waals surface area contributed by atoms with Crippen molar-refractivity contribution >= 4 is 53.6 Å². The van der Waals surface area contributed by atoms with Gasteiger partial charge in [-0.3, -0.25) is 28.8 Å². The first-order chi connectivity index (χ1) is 24.3. The van der Waals surface area contributed by atoms with Gasteiger partial charge < -0.3 is 34.2 Å².